The van der Waals surface area contributed by atoms with Gasteiger partial charge in [0.15, 0.2) is 0 Å². The monoisotopic (exact) mass is 1830 g/mol. The number of rotatable bonds is 16. The van der Waals surface area contributed by atoms with Crippen molar-refractivity contribution < 1.29 is 8.83 Å². The SMILES string of the molecule is CC1(C)c2ccc(-c3ccc(C(c4ccccc4)c4ccccc4)cc3)cc2-c2cc3c4ccccc4n(-c4ccccc4)c3cc21.c1ccc(-c2ccc(N(c3ccccc3)c3ccc4c5c6c7ccccc7n(-c7ccccc7)c6ccc5n(-c5ccccc5)c4c3)cc2)cc1.c1ccc(-c2ccc(N(c3ccccc3)c3cccc(-c4ccc5oc6c(ccc7oc8ccccc8c76)c5c4)c3)cc2)cc1. The summed E-state index contributed by atoms with van der Waals surface area (Å²) >= 11 is 0. The molecule has 22 aromatic carbocycles. The van der Waals surface area contributed by atoms with Crippen LogP contribution in [0.15, 0.2) is 543 Å². The van der Waals surface area contributed by atoms with Gasteiger partial charge in [0.1, 0.15) is 22.3 Å². The smallest absolute Gasteiger partial charge is 0.147 e. The highest BCUT2D eigenvalue weighted by atomic mass is 16.3. The number of para-hydroxylation sites is 8. The zero-order valence-electron chi connectivity index (χ0n) is 78.9. The molecule has 27 aromatic rings. The lowest BCUT2D eigenvalue weighted by Gasteiger charge is -2.26. The van der Waals surface area contributed by atoms with Gasteiger partial charge in [0.25, 0.3) is 0 Å². The second-order valence-electron chi connectivity index (χ2n) is 37.7. The molecular weight excluding hydrogens is 1740 g/mol. The van der Waals surface area contributed by atoms with E-state index in [1.165, 1.54) is 143 Å². The van der Waals surface area contributed by atoms with Gasteiger partial charge in [-0.05, 0) is 265 Å². The van der Waals surface area contributed by atoms with Crippen LogP contribution in [-0.2, 0) is 5.41 Å². The maximum atomic E-state index is 6.47. The first-order chi connectivity index (χ1) is 70.7. The summed E-state index contributed by atoms with van der Waals surface area (Å²) in [6, 6.07) is 192. The minimum Gasteiger partial charge on any atom is -0.456 e. The van der Waals surface area contributed by atoms with Gasteiger partial charge in [0.2, 0.25) is 0 Å². The van der Waals surface area contributed by atoms with Crippen LogP contribution in [0.1, 0.15) is 47.6 Å². The summed E-state index contributed by atoms with van der Waals surface area (Å²) in [6.45, 7) is 4.75. The second kappa shape index (κ2) is 35.8. The second-order valence-corrected chi connectivity index (χ2v) is 37.7. The van der Waals surface area contributed by atoms with Crippen LogP contribution in [0.3, 0.4) is 0 Å². The Kier molecular flexibility index (Phi) is 21.2. The molecule has 0 fully saturated rings. The van der Waals surface area contributed by atoms with E-state index >= 15 is 0 Å². The van der Waals surface area contributed by atoms with Gasteiger partial charge in [-0.1, -0.05) is 366 Å². The van der Waals surface area contributed by atoms with Gasteiger partial charge in [-0.2, -0.15) is 0 Å². The van der Waals surface area contributed by atoms with E-state index in [2.05, 4.69) is 553 Å². The predicted molar refractivity (Wildman–Crippen MR) is 599 cm³/mol. The van der Waals surface area contributed by atoms with E-state index in [0.29, 0.717) is 0 Å². The average Bonchev–Trinajstić information content (AvgIpc) is 1.55. The van der Waals surface area contributed by atoms with E-state index in [1.54, 1.807) is 0 Å². The van der Waals surface area contributed by atoms with Crippen LogP contribution < -0.4 is 9.80 Å². The summed E-state index contributed by atoms with van der Waals surface area (Å²) in [5.41, 5.74) is 39.7. The molecule has 0 saturated carbocycles. The molecule has 0 N–H and O–H groups in total. The molecule has 0 spiro atoms. The number of hydrogen-bond acceptors (Lipinski definition) is 4. The van der Waals surface area contributed by atoms with Crippen molar-refractivity contribution in [3.63, 3.8) is 0 Å². The molecule has 676 valence electrons. The van der Waals surface area contributed by atoms with Crippen LogP contribution in [0.4, 0.5) is 34.1 Å². The van der Waals surface area contributed by atoms with Crippen molar-refractivity contribution in [3.8, 4) is 72.7 Å². The molecule has 5 aromatic heterocycles. The molecule has 5 heterocycles. The zero-order chi connectivity index (χ0) is 95.0. The van der Waals surface area contributed by atoms with Crippen LogP contribution >= 0.6 is 0 Å². The molecule has 0 atom stereocenters. The highest BCUT2D eigenvalue weighted by molar-refractivity contribution is 6.29. The molecule has 1 aliphatic carbocycles. The Bertz CT molecular complexity index is 9390. The molecule has 7 nitrogen and oxygen atoms in total. The molecule has 0 unspecified atom stereocenters. The van der Waals surface area contributed by atoms with E-state index in [9.17, 15) is 0 Å². The fourth-order valence-corrected chi connectivity index (χ4v) is 22.4. The molecule has 0 saturated heterocycles. The summed E-state index contributed by atoms with van der Waals surface area (Å²) in [5.74, 6) is 0.194. The maximum Gasteiger partial charge on any atom is 0.147 e. The number of nitrogens with zero attached hydrogens (tertiary/aromatic N) is 5. The first kappa shape index (κ1) is 84.9. The van der Waals surface area contributed by atoms with E-state index < -0.39 is 0 Å². The van der Waals surface area contributed by atoms with E-state index in [4.69, 9.17) is 8.83 Å². The Morgan fingerprint density at radius 2 is 0.559 bits per heavy atom. The normalized spacial score (nSPS) is 12.1. The van der Waals surface area contributed by atoms with Crippen molar-refractivity contribution in [2.45, 2.75) is 25.2 Å². The fraction of sp³-hybridized carbons (Fsp3) is 0.0294. The summed E-state index contributed by atoms with van der Waals surface area (Å²) in [6.07, 6.45) is 0. The number of fused-ring (bicyclic) bond motifs is 20. The van der Waals surface area contributed by atoms with Crippen molar-refractivity contribution in [2.75, 3.05) is 9.80 Å². The molecule has 0 radical (unpaired) electrons. The lowest BCUT2D eigenvalue weighted by Crippen LogP contribution is -2.15. The van der Waals surface area contributed by atoms with Gasteiger partial charge in [-0.25, -0.2) is 0 Å². The van der Waals surface area contributed by atoms with E-state index in [1.807, 2.05) is 18.2 Å². The lowest BCUT2D eigenvalue weighted by atomic mass is 9.82. The Labute approximate surface area is 829 Å². The number of benzene rings is 22. The molecule has 1 aliphatic rings. The number of hydrogen-bond donors (Lipinski definition) is 0. The van der Waals surface area contributed by atoms with Gasteiger partial charge in [-0.15, -0.1) is 0 Å². The van der Waals surface area contributed by atoms with E-state index in [-0.39, 0.29) is 11.3 Å². The number of furan rings is 2. The van der Waals surface area contributed by atoms with Crippen LogP contribution in [0.25, 0.3) is 182 Å². The third-order valence-corrected chi connectivity index (χ3v) is 29.1. The third kappa shape index (κ3) is 15.1. The van der Waals surface area contributed by atoms with Crippen LogP contribution in [-0.4, -0.2) is 13.7 Å². The third-order valence-electron chi connectivity index (χ3n) is 29.1. The van der Waals surface area contributed by atoms with Crippen LogP contribution in [0, 0.1) is 0 Å². The first-order valence-corrected chi connectivity index (χ1v) is 49.2. The molecule has 28 rings (SSSR count). The van der Waals surface area contributed by atoms with Gasteiger partial charge in [0, 0.05) is 111 Å². The largest absolute Gasteiger partial charge is 0.456 e. The molecular formula is C136H95N5O2. The lowest BCUT2D eigenvalue weighted by molar-refractivity contribution is 0.661. The Morgan fingerprint density at radius 3 is 1.13 bits per heavy atom. The maximum absolute atomic E-state index is 6.47. The van der Waals surface area contributed by atoms with Crippen molar-refractivity contribution >= 4 is 143 Å². The Balaban J connectivity index is 0.000000110. The van der Waals surface area contributed by atoms with Gasteiger partial charge in [-0.3, -0.25) is 0 Å². The van der Waals surface area contributed by atoms with Crippen molar-refractivity contribution in [1.29, 1.82) is 0 Å². The Morgan fingerprint density at radius 1 is 0.196 bits per heavy atom. The average molecular weight is 1830 g/mol. The molecule has 7 heteroatoms. The minimum absolute atomic E-state index is 0.0994. The molecule has 143 heavy (non-hydrogen) atoms. The summed E-state index contributed by atoms with van der Waals surface area (Å²) in [4.78, 5) is 4.67. The van der Waals surface area contributed by atoms with Crippen molar-refractivity contribution in [2.24, 2.45) is 0 Å². The summed E-state index contributed by atoms with van der Waals surface area (Å²) in [7, 11) is 0. The van der Waals surface area contributed by atoms with Crippen LogP contribution in [0.2, 0.25) is 0 Å². The first-order valence-electron chi connectivity index (χ1n) is 49.2. The highest BCUT2D eigenvalue weighted by Crippen LogP contribution is 2.54. The van der Waals surface area contributed by atoms with Gasteiger partial charge < -0.3 is 32.3 Å². The van der Waals surface area contributed by atoms with Gasteiger partial charge in [0.05, 0.1) is 38.5 Å². The number of aromatic nitrogens is 3. The van der Waals surface area contributed by atoms with Crippen molar-refractivity contribution in [3.05, 3.63) is 562 Å². The van der Waals surface area contributed by atoms with Gasteiger partial charge >= 0.3 is 0 Å². The molecule has 0 aliphatic heterocycles. The van der Waals surface area contributed by atoms with Crippen molar-refractivity contribution in [1.82, 2.24) is 13.7 Å². The minimum atomic E-state index is -0.0994. The number of anilines is 6. The van der Waals surface area contributed by atoms with Crippen LogP contribution in [0.5, 0.6) is 0 Å². The van der Waals surface area contributed by atoms with E-state index in [0.717, 1.165) is 101 Å². The predicted octanol–water partition coefficient (Wildman–Crippen LogP) is 37.2. The summed E-state index contributed by atoms with van der Waals surface area (Å²) in [5, 5.41) is 11.9. The Hall–Kier alpha value is -18.6. The quantitative estimate of drug-likeness (QED) is 0.0905. The fourth-order valence-electron chi connectivity index (χ4n) is 22.4. The zero-order valence-corrected chi connectivity index (χ0v) is 78.9. The highest BCUT2D eigenvalue weighted by Gasteiger charge is 2.37. The standard InChI is InChI=1S/C48H33N3.C46H35N.C42H27NO2/c1-5-15-34(16-6-1)35-25-27-39(28-26-35)49(36-17-7-2-8-18-36)40-29-30-42-46(33-40)51(38-21-11-4-12-22-38)45-32-31-44-47(48(42)45)41-23-13-14-24-43(41)50(44)37-19-9-3-10-20-37;1-46(2)41-27-26-35(31-22-24-34(25-23-31)45(32-14-6-3-7-15-32)33-16-8-4-9-17-33)28-38(41)39-29-40-37-20-12-13-21-43(37)47(44(40)30-42(39)46)36-18-10-5-11-19-36;1-3-10-28(11-4-1)29-18-21-33(22-19-29)43(32-13-5-2-6-14-32)34-15-9-12-30(26-34)31-20-24-39-37(27-31)35-23-25-40-41(42(35)45-39)36-16-7-8-17-38(36)44-40/h1-33H;3-30,45H,1-2H3;1-27H. The topological polar surface area (TPSA) is 47.6 Å². The molecule has 0 amide bonds. The molecule has 0 bridgehead atoms. The summed E-state index contributed by atoms with van der Waals surface area (Å²) < 4.78 is 19.9.